The van der Waals surface area contributed by atoms with Crippen molar-refractivity contribution in [1.29, 1.82) is 0 Å². The fourth-order valence-corrected chi connectivity index (χ4v) is 5.45. The molecule has 0 fully saturated rings. The quantitative estimate of drug-likeness (QED) is 0.132. The monoisotopic (exact) mass is 594 g/mol. The van der Waals surface area contributed by atoms with Gasteiger partial charge in [-0.25, -0.2) is 0 Å². The Kier molecular flexibility index (Phi) is 9.07. The van der Waals surface area contributed by atoms with E-state index >= 15 is 0 Å². The number of ether oxygens (including phenoxy) is 4. The number of aryl methyl sites for hydroxylation is 1. The summed E-state index contributed by atoms with van der Waals surface area (Å²) in [6, 6.07) is 41.6. The number of carbonyl (C=O) groups excluding carboxylic acids is 1. The van der Waals surface area contributed by atoms with Gasteiger partial charge in [-0.1, -0.05) is 97.1 Å². The van der Waals surface area contributed by atoms with Gasteiger partial charge in [0.2, 0.25) is 0 Å². The summed E-state index contributed by atoms with van der Waals surface area (Å²) in [6.45, 7) is 3.12. The van der Waals surface area contributed by atoms with Crippen molar-refractivity contribution in [1.82, 2.24) is 0 Å². The smallest absolute Gasteiger partial charge is 0.150 e. The van der Waals surface area contributed by atoms with Crippen LogP contribution in [0.5, 0.6) is 23.0 Å². The second kappa shape index (κ2) is 13.8. The minimum atomic E-state index is 0.326. The van der Waals surface area contributed by atoms with Crippen LogP contribution in [0.1, 0.15) is 32.6 Å². The molecule has 0 radical (unpaired) electrons. The molecular formula is C40H34O5. The van der Waals surface area contributed by atoms with Crippen LogP contribution < -0.4 is 18.9 Å². The molecule has 5 nitrogen and oxygen atoms in total. The number of rotatable bonds is 12. The molecule has 0 amide bonds. The molecule has 45 heavy (non-hydrogen) atoms. The lowest BCUT2D eigenvalue weighted by molar-refractivity contribution is 0.112. The van der Waals surface area contributed by atoms with Gasteiger partial charge >= 0.3 is 0 Å². The number of hydrogen-bond acceptors (Lipinski definition) is 5. The van der Waals surface area contributed by atoms with Crippen LogP contribution in [0.3, 0.4) is 0 Å². The Morgan fingerprint density at radius 2 is 1.13 bits per heavy atom. The minimum Gasteiger partial charge on any atom is -0.496 e. The highest BCUT2D eigenvalue weighted by atomic mass is 16.5. The number of aldehydes is 1. The van der Waals surface area contributed by atoms with Gasteiger partial charge < -0.3 is 18.9 Å². The van der Waals surface area contributed by atoms with E-state index in [0.29, 0.717) is 53.9 Å². The molecule has 0 atom stereocenters. The van der Waals surface area contributed by atoms with Crippen molar-refractivity contribution in [3.8, 4) is 34.1 Å². The molecule has 0 saturated carbocycles. The zero-order valence-electron chi connectivity index (χ0n) is 25.4. The molecule has 6 aromatic rings. The lowest BCUT2D eigenvalue weighted by Gasteiger charge is -2.20. The fourth-order valence-electron chi connectivity index (χ4n) is 5.45. The van der Waals surface area contributed by atoms with E-state index in [-0.39, 0.29) is 0 Å². The van der Waals surface area contributed by atoms with Gasteiger partial charge in [-0.2, -0.15) is 0 Å². The molecule has 224 valence electrons. The molecule has 5 heteroatoms. The maximum Gasteiger partial charge on any atom is 0.150 e. The first-order valence-corrected chi connectivity index (χ1v) is 14.9. The van der Waals surface area contributed by atoms with Crippen molar-refractivity contribution in [2.45, 2.75) is 26.7 Å². The van der Waals surface area contributed by atoms with Crippen molar-refractivity contribution >= 4 is 17.1 Å². The lowest BCUT2D eigenvalue weighted by Crippen LogP contribution is -2.03. The van der Waals surface area contributed by atoms with E-state index < -0.39 is 0 Å². The van der Waals surface area contributed by atoms with Crippen LogP contribution in [0.25, 0.3) is 21.9 Å². The largest absolute Gasteiger partial charge is 0.496 e. The highest BCUT2D eigenvalue weighted by Gasteiger charge is 2.21. The average Bonchev–Trinajstić information content (AvgIpc) is 3.09. The van der Waals surface area contributed by atoms with Gasteiger partial charge in [-0.3, -0.25) is 4.79 Å². The topological polar surface area (TPSA) is 54.0 Å². The molecule has 0 bridgehead atoms. The standard InChI is InChI=1S/C40H34O5/c1-28-20-35-34(18-19-36(40(35)37(21-28)42-2)44-26-30-14-8-4-9-15-30)39-32(24-41)22-33(43-25-29-12-6-3-7-13-29)23-38(39)45-27-31-16-10-5-11-17-31/h3-24H,25-27H2,1-2H3. The average molecular weight is 595 g/mol. The van der Waals surface area contributed by atoms with E-state index in [0.717, 1.165) is 44.9 Å². The Morgan fingerprint density at radius 1 is 0.578 bits per heavy atom. The lowest BCUT2D eigenvalue weighted by atomic mass is 9.92. The van der Waals surface area contributed by atoms with Crippen LogP contribution in [0.15, 0.2) is 127 Å². The summed E-state index contributed by atoms with van der Waals surface area (Å²) < 4.78 is 24.9. The summed E-state index contributed by atoms with van der Waals surface area (Å²) >= 11 is 0. The Hall–Kier alpha value is -5.55. The Labute approximate surface area is 263 Å². The second-order valence-electron chi connectivity index (χ2n) is 10.8. The molecule has 0 aromatic heterocycles. The first-order chi connectivity index (χ1) is 22.1. The van der Waals surface area contributed by atoms with Gasteiger partial charge in [0, 0.05) is 17.2 Å². The zero-order chi connectivity index (χ0) is 31.0. The molecule has 0 unspecified atom stereocenters. The van der Waals surface area contributed by atoms with Gasteiger partial charge in [-0.05, 0) is 64.4 Å². The van der Waals surface area contributed by atoms with Crippen LogP contribution in [-0.4, -0.2) is 13.4 Å². The van der Waals surface area contributed by atoms with E-state index in [4.69, 9.17) is 18.9 Å². The Bertz CT molecular complexity index is 1900. The normalized spacial score (nSPS) is 10.8. The second-order valence-corrected chi connectivity index (χ2v) is 10.8. The molecule has 0 saturated heterocycles. The summed E-state index contributed by atoms with van der Waals surface area (Å²) in [4.78, 5) is 12.7. The molecule has 0 N–H and O–H groups in total. The predicted octanol–water partition coefficient (Wildman–Crippen LogP) is 9.37. The maximum absolute atomic E-state index is 12.7. The van der Waals surface area contributed by atoms with Crippen molar-refractivity contribution in [3.63, 3.8) is 0 Å². The summed E-state index contributed by atoms with van der Waals surface area (Å²) in [6.07, 6.45) is 0.860. The van der Waals surface area contributed by atoms with Crippen LogP contribution in [-0.2, 0) is 19.8 Å². The van der Waals surface area contributed by atoms with E-state index in [1.165, 1.54) is 0 Å². The van der Waals surface area contributed by atoms with Gasteiger partial charge in [0.1, 0.15) is 42.8 Å². The number of fused-ring (bicyclic) bond motifs is 1. The van der Waals surface area contributed by atoms with Gasteiger partial charge in [0.05, 0.1) is 12.5 Å². The third-order valence-electron chi connectivity index (χ3n) is 7.63. The van der Waals surface area contributed by atoms with Gasteiger partial charge in [0.25, 0.3) is 0 Å². The highest BCUT2D eigenvalue weighted by Crippen LogP contribution is 2.45. The van der Waals surface area contributed by atoms with E-state index in [1.807, 2.05) is 122 Å². The van der Waals surface area contributed by atoms with Crippen LogP contribution >= 0.6 is 0 Å². The molecule has 0 aliphatic carbocycles. The number of hydrogen-bond donors (Lipinski definition) is 0. The SMILES string of the molecule is COc1cc(C)cc2c(-c3c(C=O)cc(OCc4ccccc4)cc3OCc3ccccc3)ccc(OCc3ccccc3)c12. The molecule has 0 aliphatic heterocycles. The van der Waals surface area contributed by atoms with Crippen molar-refractivity contribution < 1.29 is 23.7 Å². The number of benzene rings is 6. The van der Waals surface area contributed by atoms with Crippen molar-refractivity contribution in [2.24, 2.45) is 0 Å². The summed E-state index contributed by atoms with van der Waals surface area (Å²) in [7, 11) is 1.66. The molecule has 0 heterocycles. The molecule has 6 aromatic carbocycles. The predicted molar refractivity (Wildman–Crippen MR) is 178 cm³/mol. The zero-order valence-corrected chi connectivity index (χ0v) is 25.4. The summed E-state index contributed by atoms with van der Waals surface area (Å²) in [5.74, 6) is 2.48. The van der Waals surface area contributed by atoms with Crippen LogP contribution in [0, 0.1) is 6.92 Å². The molecule has 0 aliphatic rings. The van der Waals surface area contributed by atoms with Crippen molar-refractivity contribution in [2.75, 3.05) is 7.11 Å². The van der Waals surface area contributed by atoms with E-state index in [2.05, 4.69) is 6.07 Å². The third kappa shape index (κ3) is 6.84. The first kappa shape index (κ1) is 29.5. The Morgan fingerprint density at radius 3 is 1.69 bits per heavy atom. The third-order valence-corrected chi connectivity index (χ3v) is 7.63. The molecule has 6 rings (SSSR count). The van der Waals surface area contributed by atoms with Crippen molar-refractivity contribution in [3.05, 3.63) is 155 Å². The fraction of sp³-hybridized carbons (Fsp3) is 0.125. The Balaban J connectivity index is 1.47. The summed E-state index contributed by atoms with van der Waals surface area (Å²) in [5, 5.41) is 1.72. The summed E-state index contributed by atoms with van der Waals surface area (Å²) in [5.41, 5.74) is 6.09. The number of methoxy groups -OCH3 is 1. The van der Waals surface area contributed by atoms with Gasteiger partial charge in [-0.15, -0.1) is 0 Å². The van der Waals surface area contributed by atoms with Crippen LogP contribution in [0.4, 0.5) is 0 Å². The van der Waals surface area contributed by atoms with Gasteiger partial charge in [0.15, 0.2) is 6.29 Å². The number of carbonyl (C=O) groups is 1. The molecular weight excluding hydrogens is 560 g/mol. The first-order valence-electron chi connectivity index (χ1n) is 14.9. The maximum atomic E-state index is 12.7. The molecule has 0 spiro atoms. The minimum absolute atomic E-state index is 0.326. The van der Waals surface area contributed by atoms with Crippen LogP contribution in [0.2, 0.25) is 0 Å². The van der Waals surface area contributed by atoms with E-state index in [9.17, 15) is 4.79 Å². The highest BCUT2D eigenvalue weighted by molar-refractivity contribution is 6.07. The van der Waals surface area contributed by atoms with E-state index in [1.54, 1.807) is 13.2 Å².